The minimum Gasteiger partial charge on any atom is -0.265 e. The predicted molar refractivity (Wildman–Crippen MR) is 87.1 cm³/mol. The van der Waals surface area contributed by atoms with Crippen molar-refractivity contribution in [2.45, 2.75) is 77.6 Å². The Labute approximate surface area is 134 Å². The average molecular weight is 305 g/mol. The number of hydrogen-bond acceptors (Lipinski definition) is 2. The van der Waals surface area contributed by atoms with Crippen LogP contribution in [0.4, 0.5) is 0 Å². The van der Waals surface area contributed by atoms with Gasteiger partial charge in [-0.3, -0.25) is 10.1 Å². The van der Waals surface area contributed by atoms with Gasteiger partial charge in [-0.2, -0.15) is 0 Å². The molecule has 4 aliphatic rings. The maximum Gasteiger partial charge on any atom is 0.209 e. The molecule has 0 aromatic rings. The molecule has 0 spiro atoms. The van der Waals surface area contributed by atoms with E-state index in [-0.39, 0.29) is 16.9 Å². The lowest BCUT2D eigenvalue weighted by Gasteiger charge is -2.59. The van der Waals surface area contributed by atoms with E-state index in [0.29, 0.717) is 11.3 Å². The van der Waals surface area contributed by atoms with Gasteiger partial charge in [-0.15, -0.1) is 0 Å². The fourth-order valence-electron chi connectivity index (χ4n) is 7.62. The minimum absolute atomic E-state index is 0.00734. The number of hydrogen-bond donors (Lipinski definition) is 0. The van der Waals surface area contributed by atoms with E-state index in [9.17, 15) is 10.1 Å². The molecule has 1 unspecified atom stereocenters. The summed E-state index contributed by atoms with van der Waals surface area (Å²) in [5, 5.41) is 11.3. The highest BCUT2D eigenvalue weighted by Gasteiger charge is 2.59. The smallest absolute Gasteiger partial charge is 0.209 e. The van der Waals surface area contributed by atoms with Crippen molar-refractivity contribution < 1.29 is 4.92 Å². The second-order valence-corrected chi connectivity index (χ2v) is 9.19. The van der Waals surface area contributed by atoms with Crippen molar-refractivity contribution in [3.05, 3.63) is 10.1 Å². The molecule has 4 fully saturated rings. The highest BCUT2D eigenvalue weighted by atomic mass is 16.6. The standard InChI is InChI=1S/C19H31NO2/c1-18-10-3-2-5-14(18)7-8-15-16(18)9-12-19(13-20(21)22)11-4-6-17(15)19/h14-17H,2-13H2,1H3/t14?,15-,16+,17+,18+,19+/m1/s1. The summed E-state index contributed by atoms with van der Waals surface area (Å²) in [6.07, 6.45) is 14.6. The van der Waals surface area contributed by atoms with Crippen LogP contribution in [0.2, 0.25) is 0 Å². The molecule has 0 radical (unpaired) electrons. The van der Waals surface area contributed by atoms with Gasteiger partial charge < -0.3 is 0 Å². The molecular formula is C19H31NO2. The summed E-state index contributed by atoms with van der Waals surface area (Å²) in [6, 6.07) is 0. The topological polar surface area (TPSA) is 43.1 Å². The van der Waals surface area contributed by atoms with Gasteiger partial charge in [0.05, 0.1) is 0 Å². The zero-order valence-electron chi connectivity index (χ0n) is 14.1. The first-order valence-corrected chi connectivity index (χ1v) is 9.67. The van der Waals surface area contributed by atoms with Gasteiger partial charge in [0.25, 0.3) is 0 Å². The Morgan fingerprint density at radius 1 is 0.955 bits per heavy atom. The number of fused-ring (bicyclic) bond motifs is 5. The van der Waals surface area contributed by atoms with E-state index in [4.69, 9.17) is 0 Å². The molecule has 0 amide bonds. The molecular weight excluding hydrogens is 274 g/mol. The Morgan fingerprint density at radius 3 is 2.64 bits per heavy atom. The van der Waals surface area contributed by atoms with Gasteiger partial charge in [-0.25, -0.2) is 0 Å². The summed E-state index contributed by atoms with van der Waals surface area (Å²) >= 11 is 0. The molecule has 4 aliphatic carbocycles. The fourth-order valence-corrected chi connectivity index (χ4v) is 7.62. The summed E-state index contributed by atoms with van der Waals surface area (Å²) in [7, 11) is 0. The summed E-state index contributed by atoms with van der Waals surface area (Å²) in [5.41, 5.74) is 0.632. The van der Waals surface area contributed by atoms with Crippen LogP contribution < -0.4 is 0 Å². The monoisotopic (exact) mass is 305 g/mol. The molecule has 0 N–H and O–H groups in total. The van der Waals surface area contributed by atoms with E-state index in [0.717, 1.165) is 30.6 Å². The molecule has 6 atom stereocenters. The van der Waals surface area contributed by atoms with Gasteiger partial charge in [0, 0.05) is 10.3 Å². The van der Waals surface area contributed by atoms with Crippen molar-refractivity contribution in [2.24, 2.45) is 34.5 Å². The lowest BCUT2D eigenvalue weighted by atomic mass is 9.45. The second kappa shape index (κ2) is 5.21. The Morgan fingerprint density at radius 2 is 1.82 bits per heavy atom. The zero-order valence-corrected chi connectivity index (χ0v) is 14.1. The van der Waals surface area contributed by atoms with Crippen LogP contribution in [0.3, 0.4) is 0 Å². The maximum absolute atomic E-state index is 11.3. The normalized spacial score (nSPS) is 50.8. The molecule has 0 bridgehead atoms. The summed E-state index contributed by atoms with van der Waals surface area (Å²) < 4.78 is 0. The first-order chi connectivity index (χ1) is 10.6. The van der Waals surface area contributed by atoms with Crippen molar-refractivity contribution in [1.82, 2.24) is 0 Å². The number of nitro groups is 1. The van der Waals surface area contributed by atoms with Crippen molar-refractivity contribution in [2.75, 3.05) is 6.54 Å². The lowest BCUT2D eigenvalue weighted by Crippen LogP contribution is -2.53. The van der Waals surface area contributed by atoms with Gasteiger partial charge in [0.1, 0.15) is 0 Å². The third-order valence-corrected chi connectivity index (χ3v) is 8.55. The molecule has 3 nitrogen and oxygen atoms in total. The molecule has 0 aromatic carbocycles. The highest BCUT2D eigenvalue weighted by Crippen LogP contribution is 2.66. The molecule has 4 saturated carbocycles. The zero-order chi connectivity index (χ0) is 15.4. The van der Waals surface area contributed by atoms with Crippen molar-refractivity contribution in [3.63, 3.8) is 0 Å². The molecule has 0 aromatic heterocycles. The Hall–Kier alpha value is -0.600. The third kappa shape index (κ3) is 2.06. The fraction of sp³-hybridized carbons (Fsp3) is 1.00. The van der Waals surface area contributed by atoms with Crippen LogP contribution in [-0.4, -0.2) is 11.5 Å². The largest absolute Gasteiger partial charge is 0.265 e. The lowest BCUT2D eigenvalue weighted by molar-refractivity contribution is -0.502. The Balaban J connectivity index is 1.62. The summed E-state index contributed by atoms with van der Waals surface area (Å²) in [5.74, 6) is 3.29. The third-order valence-electron chi connectivity index (χ3n) is 8.55. The minimum atomic E-state index is -0.00734. The molecule has 0 aliphatic heterocycles. The van der Waals surface area contributed by atoms with E-state index in [1.54, 1.807) is 0 Å². The van der Waals surface area contributed by atoms with Crippen LogP contribution in [0.25, 0.3) is 0 Å². The van der Waals surface area contributed by atoms with Crippen LogP contribution in [0.15, 0.2) is 0 Å². The molecule has 124 valence electrons. The SMILES string of the molecule is C[C@]12CCCCC1CC[C@H]1[C@@H]3CCC[C@@]3(C[N+](=O)[O-])CC[C@@H]12. The molecule has 4 rings (SSSR count). The molecule has 0 saturated heterocycles. The van der Waals surface area contributed by atoms with E-state index < -0.39 is 0 Å². The van der Waals surface area contributed by atoms with Gasteiger partial charge in [0.2, 0.25) is 6.54 Å². The van der Waals surface area contributed by atoms with Gasteiger partial charge in [-0.1, -0.05) is 26.2 Å². The second-order valence-electron chi connectivity index (χ2n) is 9.19. The number of nitrogens with zero attached hydrogens (tertiary/aromatic N) is 1. The first kappa shape index (κ1) is 15.0. The van der Waals surface area contributed by atoms with Crippen molar-refractivity contribution in [1.29, 1.82) is 0 Å². The van der Waals surface area contributed by atoms with Crippen LogP contribution in [0, 0.1) is 44.6 Å². The predicted octanol–water partition coefficient (Wildman–Crippen LogP) is 5.07. The summed E-state index contributed by atoms with van der Waals surface area (Å²) in [4.78, 5) is 11.3. The van der Waals surface area contributed by atoms with Crippen molar-refractivity contribution in [3.8, 4) is 0 Å². The Kier molecular flexibility index (Phi) is 3.54. The highest BCUT2D eigenvalue weighted by molar-refractivity contribution is 5.07. The number of rotatable bonds is 2. The van der Waals surface area contributed by atoms with E-state index in [1.165, 1.54) is 57.8 Å². The van der Waals surface area contributed by atoms with Crippen LogP contribution >= 0.6 is 0 Å². The van der Waals surface area contributed by atoms with Gasteiger partial charge in [-0.05, 0) is 80.5 Å². The van der Waals surface area contributed by atoms with Crippen LogP contribution in [0.5, 0.6) is 0 Å². The van der Waals surface area contributed by atoms with Crippen LogP contribution in [-0.2, 0) is 0 Å². The maximum atomic E-state index is 11.3. The average Bonchev–Trinajstić information content (AvgIpc) is 2.89. The van der Waals surface area contributed by atoms with E-state index in [1.807, 2.05) is 0 Å². The quantitative estimate of drug-likeness (QED) is 0.528. The van der Waals surface area contributed by atoms with E-state index >= 15 is 0 Å². The molecule has 0 heterocycles. The van der Waals surface area contributed by atoms with E-state index in [2.05, 4.69) is 6.92 Å². The first-order valence-electron chi connectivity index (χ1n) is 9.67. The van der Waals surface area contributed by atoms with Gasteiger partial charge in [0.15, 0.2) is 0 Å². The molecule has 3 heteroatoms. The van der Waals surface area contributed by atoms with Crippen LogP contribution in [0.1, 0.15) is 77.6 Å². The summed E-state index contributed by atoms with van der Waals surface area (Å²) in [6.45, 7) is 2.84. The molecule has 22 heavy (non-hydrogen) atoms. The van der Waals surface area contributed by atoms with Crippen molar-refractivity contribution >= 4 is 0 Å². The van der Waals surface area contributed by atoms with Gasteiger partial charge >= 0.3 is 0 Å². The Bertz CT molecular complexity index is 464.